The van der Waals surface area contributed by atoms with E-state index in [1.807, 2.05) is 24.4 Å². The summed E-state index contributed by atoms with van der Waals surface area (Å²) in [5.74, 6) is -0.0787. The fourth-order valence-corrected chi connectivity index (χ4v) is 3.89. The Bertz CT molecular complexity index is 1130. The van der Waals surface area contributed by atoms with Crippen LogP contribution in [0.15, 0.2) is 54.0 Å². The van der Waals surface area contributed by atoms with Crippen molar-refractivity contribution in [3.63, 3.8) is 0 Å². The van der Waals surface area contributed by atoms with E-state index >= 15 is 0 Å². The number of amides is 1. The number of nitrogens with zero attached hydrogens (tertiary/aromatic N) is 2. The number of fused-ring (bicyclic) bond motifs is 1. The van der Waals surface area contributed by atoms with Gasteiger partial charge in [0.2, 0.25) is 5.91 Å². The Morgan fingerprint density at radius 1 is 1.37 bits per heavy atom. The Morgan fingerprint density at radius 2 is 2.20 bits per heavy atom. The van der Waals surface area contributed by atoms with Crippen LogP contribution in [0.4, 0.5) is 5.69 Å². The summed E-state index contributed by atoms with van der Waals surface area (Å²) >= 11 is 0. The van der Waals surface area contributed by atoms with E-state index in [2.05, 4.69) is 41.5 Å². The third kappa shape index (κ3) is 4.18. The topological polar surface area (TPSA) is 91.8 Å². The highest BCUT2D eigenvalue weighted by molar-refractivity contribution is 5.91. The highest BCUT2D eigenvalue weighted by atomic mass is 16.1. The first-order valence-electron chi connectivity index (χ1n) is 10.1. The van der Waals surface area contributed by atoms with Gasteiger partial charge in [-0.3, -0.25) is 9.78 Å². The van der Waals surface area contributed by atoms with Gasteiger partial charge < -0.3 is 11.1 Å². The minimum absolute atomic E-state index is 0.0546. The fraction of sp³-hybridized carbons (Fsp3) is 0.240. The Hall–Kier alpha value is -3.65. The van der Waals surface area contributed by atoms with Gasteiger partial charge in [-0.1, -0.05) is 17.7 Å². The molecule has 1 heterocycles. The van der Waals surface area contributed by atoms with Crippen LogP contribution in [0.1, 0.15) is 42.4 Å². The predicted octanol–water partition coefficient (Wildman–Crippen LogP) is 4.76. The van der Waals surface area contributed by atoms with Crippen molar-refractivity contribution in [2.24, 2.45) is 5.92 Å². The molecular weight excluding hydrogens is 372 g/mol. The lowest BCUT2D eigenvalue weighted by molar-refractivity contribution is -0.115. The minimum atomic E-state index is -0.133. The zero-order valence-electron chi connectivity index (χ0n) is 17.0. The van der Waals surface area contributed by atoms with Crippen LogP contribution in [-0.2, 0) is 4.79 Å². The largest absolute Gasteiger partial charge is 0.398 e. The summed E-state index contributed by atoms with van der Waals surface area (Å²) in [5, 5.41) is 11.9. The normalized spacial score (nSPS) is 20.3. The third-order valence-electron chi connectivity index (χ3n) is 5.61. The van der Waals surface area contributed by atoms with Gasteiger partial charge in [0.15, 0.2) is 0 Å². The standard InChI is InChI=1S/C25H24N4O/c1-16-6-7-28-15-23(16)20-11-19-12-21(4-2-3-5-22(19)24(27)13-20)29-25(30)10-17-8-18(9-17)14-26/h3,5-7,10-13,15,18H,2,4,8-9,27H2,1H3,(H,29,30)/b5-3-,17-10?,21-12+. The number of hydrogen-bond acceptors (Lipinski definition) is 4. The number of anilines is 1. The van der Waals surface area contributed by atoms with Gasteiger partial charge in [0, 0.05) is 41.0 Å². The summed E-state index contributed by atoms with van der Waals surface area (Å²) in [5.41, 5.74) is 14.1. The molecule has 0 spiro atoms. The van der Waals surface area contributed by atoms with Crippen LogP contribution in [0.5, 0.6) is 0 Å². The average Bonchev–Trinajstić information content (AvgIpc) is 2.67. The molecule has 0 atom stereocenters. The predicted molar refractivity (Wildman–Crippen MR) is 120 cm³/mol. The van der Waals surface area contributed by atoms with Crippen LogP contribution < -0.4 is 11.1 Å². The highest BCUT2D eigenvalue weighted by Crippen LogP contribution is 2.33. The van der Waals surface area contributed by atoms with Gasteiger partial charge in [-0.05, 0) is 73.6 Å². The minimum Gasteiger partial charge on any atom is -0.398 e. The quantitative estimate of drug-likeness (QED) is 0.578. The molecule has 5 heteroatoms. The van der Waals surface area contributed by atoms with E-state index in [1.165, 1.54) is 0 Å². The second-order valence-corrected chi connectivity index (χ2v) is 7.90. The molecule has 0 aliphatic heterocycles. The number of rotatable bonds is 3. The van der Waals surface area contributed by atoms with Crippen molar-refractivity contribution < 1.29 is 4.79 Å². The summed E-state index contributed by atoms with van der Waals surface area (Å²) in [7, 11) is 0. The van der Waals surface area contributed by atoms with Gasteiger partial charge in [-0.25, -0.2) is 0 Å². The number of nitrogens with two attached hydrogens (primary N) is 1. The molecule has 150 valence electrons. The number of nitrogens with one attached hydrogen (secondary N) is 1. The maximum atomic E-state index is 12.5. The molecule has 0 saturated heterocycles. The van der Waals surface area contributed by atoms with Gasteiger partial charge in [0.25, 0.3) is 0 Å². The molecule has 5 nitrogen and oxygen atoms in total. The lowest BCUT2D eigenvalue weighted by Gasteiger charge is -2.22. The molecule has 2 aliphatic carbocycles. The summed E-state index contributed by atoms with van der Waals surface area (Å²) in [6.45, 7) is 2.05. The number of pyridine rings is 1. The van der Waals surface area contributed by atoms with Crippen molar-refractivity contribution >= 4 is 23.7 Å². The van der Waals surface area contributed by atoms with Gasteiger partial charge in [0.1, 0.15) is 0 Å². The van der Waals surface area contributed by atoms with Crippen LogP contribution in [0.25, 0.3) is 23.3 Å². The lowest BCUT2D eigenvalue weighted by atomic mass is 9.81. The van der Waals surface area contributed by atoms with Gasteiger partial charge >= 0.3 is 0 Å². The molecule has 0 bridgehead atoms. The molecule has 0 unspecified atom stereocenters. The SMILES string of the molecule is Cc1ccncc1-c1cc(N)c2c(c1)/C=C(/NC(=O)C=C1CC(C#N)C1)CC/C=C\2. The third-order valence-corrected chi connectivity index (χ3v) is 5.61. The van der Waals surface area contributed by atoms with Crippen molar-refractivity contribution in [3.8, 4) is 17.2 Å². The number of aromatic nitrogens is 1. The summed E-state index contributed by atoms with van der Waals surface area (Å²) < 4.78 is 0. The number of nitrogen functional groups attached to an aromatic ring is 1. The van der Waals surface area contributed by atoms with E-state index in [0.717, 1.165) is 51.9 Å². The van der Waals surface area contributed by atoms with E-state index in [4.69, 9.17) is 11.0 Å². The van der Waals surface area contributed by atoms with E-state index in [-0.39, 0.29) is 11.8 Å². The molecule has 1 saturated carbocycles. The zero-order valence-corrected chi connectivity index (χ0v) is 17.0. The molecule has 1 aromatic heterocycles. The molecule has 0 radical (unpaired) electrons. The molecule has 1 aromatic carbocycles. The number of allylic oxidation sites excluding steroid dienone is 3. The molecule has 1 fully saturated rings. The van der Waals surface area contributed by atoms with Gasteiger partial charge in [-0.15, -0.1) is 0 Å². The van der Waals surface area contributed by atoms with Crippen molar-refractivity contribution in [2.45, 2.75) is 32.6 Å². The van der Waals surface area contributed by atoms with Crippen LogP contribution >= 0.6 is 0 Å². The first kappa shape index (κ1) is 19.7. The van der Waals surface area contributed by atoms with E-state index in [0.29, 0.717) is 18.5 Å². The van der Waals surface area contributed by atoms with Crippen molar-refractivity contribution in [1.29, 1.82) is 5.26 Å². The zero-order chi connectivity index (χ0) is 21.1. The van der Waals surface area contributed by atoms with Crippen molar-refractivity contribution in [1.82, 2.24) is 10.3 Å². The number of carbonyl (C=O) groups excluding carboxylic acids is 1. The second-order valence-electron chi connectivity index (χ2n) is 7.90. The maximum Gasteiger partial charge on any atom is 0.248 e. The van der Waals surface area contributed by atoms with E-state index < -0.39 is 0 Å². The summed E-state index contributed by atoms with van der Waals surface area (Å²) in [6.07, 6.45) is 14.4. The maximum absolute atomic E-state index is 12.5. The number of benzene rings is 1. The van der Waals surface area contributed by atoms with Crippen LogP contribution in [0.2, 0.25) is 0 Å². The Morgan fingerprint density at radius 3 is 2.97 bits per heavy atom. The molecule has 2 aromatic rings. The van der Waals surface area contributed by atoms with Crippen LogP contribution in [0.3, 0.4) is 0 Å². The fourth-order valence-electron chi connectivity index (χ4n) is 3.89. The molecule has 2 aliphatic rings. The molecular formula is C25H24N4O. The van der Waals surface area contributed by atoms with Crippen molar-refractivity contribution in [2.75, 3.05) is 5.73 Å². The van der Waals surface area contributed by atoms with E-state index in [9.17, 15) is 4.79 Å². The summed E-state index contributed by atoms with van der Waals surface area (Å²) in [6, 6.07) is 8.29. The molecule has 1 amide bonds. The average molecular weight is 396 g/mol. The molecule has 3 N–H and O–H groups in total. The second kappa shape index (κ2) is 8.38. The Labute approximate surface area is 176 Å². The van der Waals surface area contributed by atoms with Crippen LogP contribution in [-0.4, -0.2) is 10.9 Å². The highest BCUT2D eigenvalue weighted by Gasteiger charge is 2.23. The first-order chi connectivity index (χ1) is 14.5. The van der Waals surface area contributed by atoms with Crippen molar-refractivity contribution in [3.05, 3.63) is 70.7 Å². The van der Waals surface area contributed by atoms with E-state index in [1.54, 1.807) is 12.3 Å². The summed E-state index contributed by atoms with van der Waals surface area (Å²) in [4.78, 5) is 16.7. The Kier molecular flexibility index (Phi) is 5.49. The monoisotopic (exact) mass is 396 g/mol. The molecule has 4 rings (SSSR count). The number of nitriles is 1. The lowest BCUT2D eigenvalue weighted by Crippen LogP contribution is -2.23. The van der Waals surface area contributed by atoms with Gasteiger partial charge in [0.05, 0.1) is 12.0 Å². The smallest absolute Gasteiger partial charge is 0.248 e. The number of hydrogen-bond donors (Lipinski definition) is 2. The number of aryl methyl sites for hydroxylation is 1. The van der Waals surface area contributed by atoms with Crippen LogP contribution in [0, 0.1) is 24.2 Å². The van der Waals surface area contributed by atoms with Gasteiger partial charge in [-0.2, -0.15) is 5.26 Å². The first-order valence-corrected chi connectivity index (χ1v) is 10.1. The number of carbonyl (C=O) groups is 1. The Balaban J connectivity index is 1.64. The molecule has 30 heavy (non-hydrogen) atoms.